The van der Waals surface area contributed by atoms with Crippen LogP contribution < -0.4 is 5.32 Å². The molecule has 0 spiro atoms. The molecule has 0 atom stereocenters. The van der Waals surface area contributed by atoms with Crippen molar-refractivity contribution in [1.82, 2.24) is 5.32 Å². The Bertz CT molecular complexity index is 533. The average molecular weight is 284 g/mol. The average Bonchev–Trinajstić information content (AvgIpc) is 2.38. The standard InChI is InChI=1S/C12H13FN2O5/c1-2-20-11(16)5-6-14-12(17)8-3-4-10(15(18)19)9(13)7-8/h3-4,7H,2,5-6H2,1H3,(H,14,17). The van der Waals surface area contributed by atoms with Gasteiger partial charge >= 0.3 is 11.7 Å². The quantitative estimate of drug-likeness (QED) is 0.484. The topological polar surface area (TPSA) is 98.5 Å². The van der Waals surface area contributed by atoms with Crippen LogP contribution in [0.4, 0.5) is 10.1 Å². The molecule has 0 bridgehead atoms. The number of carbonyl (C=O) groups excluding carboxylic acids is 2. The van der Waals surface area contributed by atoms with Gasteiger partial charge in [-0.1, -0.05) is 0 Å². The summed E-state index contributed by atoms with van der Waals surface area (Å²) < 4.78 is 18.0. The molecule has 20 heavy (non-hydrogen) atoms. The highest BCUT2D eigenvalue weighted by atomic mass is 19.1. The van der Waals surface area contributed by atoms with E-state index in [1.165, 1.54) is 0 Å². The number of nitro groups is 1. The predicted molar refractivity (Wildman–Crippen MR) is 66.6 cm³/mol. The Morgan fingerprint density at radius 1 is 1.45 bits per heavy atom. The molecular formula is C12H13FN2O5. The van der Waals surface area contributed by atoms with Crippen LogP contribution in [0.1, 0.15) is 23.7 Å². The van der Waals surface area contributed by atoms with Crippen molar-refractivity contribution in [3.63, 3.8) is 0 Å². The number of hydrogen-bond acceptors (Lipinski definition) is 5. The highest BCUT2D eigenvalue weighted by Crippen LogP contribution is 2.17. The zero-order valence-corrected chi connectivity index (χ0v) is 10.7. The normalized spacial score (nSPS) is 9.90. The Labute approximate surface area is 113 Å². The fourth-order valence-electron chi connectivity index (χ4n) is 1.41. The van der Waals surface area contributed by atoms with E-state index in [1.807, 2.05) is 0 Å². The van der Waals surface area contributed by atoms with Crippen LogP contribution in [-0.4, -0.2) is 30.0 Å². The molecule has 1 rings (SSSR count). The van der Waals surface area contributed by atoms with Crippen LogP contribution in [-0.2, 0) is 9.53 Å². The van der Waals surface area contributed by atoms with E-state index in [4.69, 9.17) is 0 Å². The molecule has 0 saturated carbocycles. The second-order valence-electron chi connectivity index (χ2n) is 3.73. The summed E-state index contributed by atoms with van der Waals surface area (Å²) in [4.78, 5) is 32.2. The van der Waals surface area contributed by atoms with Gasteiger partial charge < -0.3 is 10.1 Å². The zero-order chi connectivity index (χ0) is 15.1. The van der Waals surface area contributed by atoms with Crippen molar-refractivity contribution in [2.24, 2.45) is 0 Å². The van der Waals surface area contributed by atoms with Gasteiger partial charge in [0.1, 0.15) is 0 Å². The van der Waals surface area contributed by atoms with E-state index in [9.17, 15) is 24.1 Å². The molecule has 0 aliphatic heterocycles. The maximum absolute atomic E-state index is 13.3. The first-order valence-corrected chi connectivity index (χ1v) is 5.83. The van der Waals surface area contributed by atoms with E-state index in [-0.39, 0.29) is 25.1 Å². The third-order valence-electron chi connectivity index (χ3n) is 2.33. The van der Waals surface area contributed by atoms with Crippen molar-refractivity contribution in [2.75, 3.05) is 13.2 Å². The summed E-state index contributed by atoms with van der Waals surface area (Å²) in [6.07, 6.45) is -0.00492. The molecule has 7 nitrogen and oxygen atoms in total. The number of rotatable bonds is 6. The largest absolute Gasteiger partial charge is 0.466 e. The van der Waals surface area contributed by atoms with Gasteiger partial charge in [-0.15, -0.1) is 0 Å². The summed E-state index contributed by atoms with van der Waals surface area (Å²) in [7, 11) is 0. The molecule has 0 heterocycles. The first kappa shape index (κ1) is 15.5. The van der Waals surface area contributed by atoms with Gasteiger partial charge in [0, 0.05) is 18.2 Å². The van der Waals surface area contributed by atoms with Crippen molar-refractivity contribution >= 4 is 17.6 Å². The first-order valence-electron chi connectivity index (χ1n) is 5.83. The fraction of sp³-hybridized carbons (Fsp3) is 0.333. The minimum absolute atomic E-state index is 0.00492. The summed E-state index contributed by atoms with van der Waals surface area (Å²) in [6.45, 7) is 1.95. The van der Waals surface area contributed by atoms with E-state index in [0.29, 0.717) is 0 Å². The lowest BCUT2D eigenvalue weighted by Gasteiger charge is -2.05. The van der Waals surface area contributed by atoms with Gasteiger partial charge in [-0.3, -0.25) is 19.7 Å². The summed E-state index contributed by atoms with van der Waals surface area (Å²) in [5.74, 6) is -2.17. The molecule has 1 aromatic carbocycles. The third-order valence-corrected chi connectivity index (χ3v) is 2.33. The molecule has 1 amide bonds. The number of nitro benzene ring substituents is 1. The van der Waals surface area contributed by atoms with E-state index < -0.39 is 28.3 Å². The molecule has 0 aliphatic rings. The molecule has 0 unspecified atom stereocenters. The number of benzene rings is 1. The molecule has 0 aliphatic carbocycles. The van der Waals surface area contributed by atoms with Gasteiger partial charge in [0.25, 0.3) is 5.91 Å². The number of ether oxygens (including phenoxy) is 1. The summed E-state index contributed by atoms with van der Waals surface area (Å²) in [6, 6.07) is 2.83. The number of halogens is 1. The Balaban J connectivity index is 2.58. The van der Waals surface area contributed by atoms with Crippen LogP contribution >= 0.6 is 0 Å². The molecule has 0 aromatic heterocycles. The minimum Gasteiger partial charge on any atom is -0.466 e. The Morgan fingerprint density at radius 3 is 2.70 bits per heavy atom. The minimum atomic E-state index is -1.09. The van der Waals surface area contributed by atoms with E-state index in [0.717, 1.165) is 18.2 Å². The number of esters is 1. The molecule has 8 heteroatoms. The van der Waals surface area contributed by atoms with Gasteiger partial charge in [0.05, 0.1) is 18.0 Å². The van der Waals surface area contributed by atoms with Crippen LogP contribution in [0.15, 0.2) is 18.2 Å². The number of carbonyl (C=O) groups is 2. The summed E-state index contributed by atoms with van der Waals surface area (Å²) in [5.41, 5.74) is -0.759. The fourth-order valence-corrected chi connectivity index (χ4v) is 1.41. The summed E-state index contributed by atoms with van der Waals surface area (Å²) >= 11 is 0. The smallest absolute Gasteiger partial charge is 0.307 e. The number of amides is 1. The zero-order valence-electron chi connectivity index (χ0n) is 10.7. The molecule has 108 valence electrons. The maximum Gasteiger partial charge on any atom is 0.307 e. The van der Waals surface area contributed by atoms with E-state index in [1.54, 1.807) is 6.92 Å². The lowest BCUT2D eigenvalue weighted by Crippen LogP contribution is -2.26. The van der Waals surface area contributed by atoms with Crippen LogP contribution in [0.3, 0.4) is 0 Å². The second kappa shape index (κ2) is 7.17. The van der Waals surface area contributed by atoms with Crippen LogP contribution in [0, 0.1) is 15.9 Å². The molecule has 0 fully saturated rings. The Kier molecular flexibility index (Phi) is 5.57. The number of nitrogens with one attached hydrogen (secondary N) is 1. The Hall–Kier alpha value is -2.51. The number of nitrogens with zero attached hydrogens (tertiary/aromatic N) is 1. The van der Waals surface area contributed by atoms with E-state index >= 15 is 0 Å². The van der Waals surface area contributed by atoms with Gasteiger partial charge in [0.15, 0.2) is 0 Å². The van der Waals surface area contributed by atoms with Crippen LogP contribution in [0.2, 0.25) is 0 Å². The number of hydrogen-bond donors (Lipinski definition) is 1. The van der Waals surface area contributed by atoms with Crippen molar-refractivity contribution in [3.8, 4) is 0 Å². The molecule has 0 saturated heterocycles. The van der Waals surface area contributed by atoms with Crippen LogP contribution in [0.5, 0.6) is 0 Å². The van der Waals surface area contributed by atoms with Crippen LogP contribution in [0.25, 0.3) is 0 Å². The molecule has 1 aromatic rings. The van der Waals surface area contributed by atoms with Crippen molar-refractivity contribution < 1.29 is 23.6 Å². The SMILES string of the molecule is CCOC(=O)CCNC(=O)c1ccc([N+](=O)[O-])c(F)c1. The molecular weight excluding hydrogens is 271 g/mol. The van der Waals surface area contributed by atoms with Gasteiger partial charge in [-0.25, -0.2) is 0 Å². The van der Waals surface area contributed by atoms with Crippen molar-refractivity contribution in [3.05, 3.63) is 39.7 Å². The van der Waals surface area contributed by atoms with Gasteiger partial charge in [-0.2, -0.15) is 4.39 Å². The van der Waals surface area contributed by atoms with E-state index in [2.05, 4.69) is 10.1 Å². The monoisotopic (exact) mass is 284 g/mol. The molecule has 0 radical (unpaired) electrons. The highest BCUT2D eigenvalue weighted by molar-refractivity contribution is 5.94. The first-order chi connectivity index (χ1) is 9.45. The summed E-state index contributed by atoms with van der Waals surface area (Å²) in [5, 5.41) is 12.8. The lowest BCUT2D eigenvalue weighted by molar-refractivity contribution is -0.387. The highest BCUT2D eigenvalue weighted by Gasteiger charge is 2.16. The maximum atomic E-state index is 13.3. The van der Waals surface area contributed by atoms with Crippen molar-refractivity contribution in [1.29, 1.82) is 0 Å². The lowest BCUT2D eigenvalue weighted by atomic mass is 10.2. The second-order valence-corrected chi connectivity index (χ2v) is 3.73. The Morgan fingerprint density at radius 2 is 2.15 bits per heavy atom. The van der Waals surface area contributed by atoms with Gasteiger partial charge in [0.2, 0.25) is 5.82 Å². The third kappa shape index (κ3) is 4.30. The predicted octanol–water partition coefficient (Wildman–Crippen LogP) is 1.42. The van der Waals surface area contributed by atoms with Gasteiger partial charge in [-0.05, 0) is 19.1 Å². The van der Waals surface area contributed by atoms with Crippen molar-refractivity contribution in [2.45, 2.75) is 13.3 Å². The molecule has 1 N–H and O–H groups in total.